The van der Waals surface area contributed by atoms with Gasteiger partial charge in [0.1, 0.15) is 6.04 Å². The number of urea groups is 1. The number of nitrogens with zero attached hydrogens (tertiary/aromatic N) is 1. The van der Waals surface area contributed by atoms with Gasteiger partial charge in [-0.1, -0.05) is 6.92 Å². The molecule has 2 unspecified atom stereocenters. The molecule has 0 bridgehead atoms. The van der Waals surface area contributed by atoms with Crippen LogP contribution in [0.15, 0.2) is 24.3 Å². The number of anilines is 1. The number of carbonyl (C=O) groups excluding carboxylic acids is 3. The zero-order valence-corrected chi connectivity index (χ0v) is 15.7. The third-order valence-electron chi connectivity index (χ3n) is 3.50. The first-order chi connectivity index (χ1) is 13.8. The van der Waals surface area contributed by atoms with E-state index in [9.17, 15) is 24.3 Å². The molecule has 0 radical (unpaired) electrons. The minimum atomic E-state index is -1.51. The normalized spacial score (nSPS) is 12.0. The van der Waals surface area contributed by atoms with Crippen molar-refractivity contribution in [1.82, 2.24) is 10.6 Å². The minimum Gasteiger partial charge on any atom is -0.481 e. The Morgan fingerprint density at radius 2 is 1.79 bits per heavy atom. The molecule has 29 heavy (non-hydrogen) atoms. The highest BCUT2D eigenvalue weighted by molar-refractivity contribution is 5.96. The van der Waals surface area contributed by atoms with Crippen LogP contribution in [-0.4, -0.2) is 59.4 Å². The van der Waals surface area contributed by atoms with Gasteiger partial charge in [0.15, 0.2) is 6.04 Å². The summed E-state index contributed by atoms with van der Waals surface area (Å²) >= 11 is 0. The van der Waals surface area contributed by atoms with Crippen molar-refractivity contribution in [2.75, 3.05) is 18.5 Å². The molecule has 1 aromatic rings. The van der Waals surface area contributed by atoms with Crippen LogP contribution in [0.5, 0.6) is 0 Å². The minimum absolute atomic E-state index is 0.0923. The summed E-state index contributed by atoms with van der Waals surface area (Å²) in [6.45, 7) is 1.10. The van der Waals surface area contributed by atoms with Crippen LogP contribution in [0.3, 0.4) is 0 Å². The van der Waals surface area contributed by atoms with Crippen LogP contribution in [0.1, 0.15) is 25.3 Å². The molecule has 11 heteroatoms. The van der Waals surface area contributed by atoms with Crippen molar-refractivity contribution in [3.63, 3.8) is 0 Å². The van der Waals surface area contributed by atoms with E-state index in [1.54, 1.807) is 6.92 Å². The number of carbonyl (C=O) groups is 4. The van der Waals surface area contributed by atoms with Crippen molar-refractivity contribution in [2.45, 2.75) is 31.8 Å². The summed E-state index contributed by atoms with van der Waals surface area (Å²) in [4.78, 5) is 47.2. The van der Waals surface area contributed by atoms with E-state index in [0.717, 1.165) is 0 Å². The number of esters is 1. The second kappa shape index (κ2) is 11.9. The van der Waals surface area contributed by atoms with Crippen molar-refractivity contribution in [3.8, 4) is 6.07 Å². The Kier molecular flexibility index (Phi) is 9.63. The first-order valence-electron chi connectivity index (χ1n) is 8.68. The van der Waals surface area contributed by atoms with Crippen LogP contribution in [0.2, 0.25) is 0 Å². The van der Waals surface area contributed by atoms with Gasteiger partial charge >= 0.3 is 18.0 Å². The molecule has 0 aliphatic heterocycles. The van der Waals surface area contributed by atoms with Crippen LogP contribution in [0.25, 0.3) is 0 Å². The summed E-state index contributed by atoms with van der Waals surface area (Å²) in [5.41, 5.74) is 0.691. The zero-order valence-electron chi connectivity index (χ0n) is 15.7. The number of benzene rings is 1. The third kappa shape index (κ3) is 8.27. The van der Waals surface area contributed by atoms with Crippen LogP contribution in [-0.2, 0) is 19.1 Å². The molecule has 156 valence electrons. The highest BCUT2D eigenvalue weighted by Crippen LogP contribution is 2.08. The second-order valence-electron chi connectivity index (χ2n) is 5.85. The lowest BCUT2D eigenvalue weighted by Gasteiger charge is -2.20. The predicted octanol–water partition coefficient (Wildman–Crippen LogP) is -0.0466. The van der Waals surface area contributed by atoms with E-state index in [4.69, 9.17) is 15.1 Å². The monoisotopic (exact) mass is 406 g/mol. The quantitative estimate of drug-likeness (QED) is 0.336. The lowest BCUT2D eigenvalue weighted by atomic mass is 10.1. The van der Waals surface area contributed by atoms with E-state index in [-0.39, 0.29) is 6.61 Å². The summed E-state index contributed by atoms with van der Waals surface area (Å²) < 4.78 is 4.83. The molecule has 5 N–H and O–H groups in total. The van der Waals surface area contributed by atoms with Gasteiger partial charge in [0.2, 0.25) is 5.91 Å². The number of aliphatic hydroxyl groups excluding tert-OH is 1. The number of hydrogen-bond donors (Lipinski definition) is 5. The number of carboxylic acid groups (broad SMARTS) is 1. The largest absolute Gasteiger partial charge is 0.481 e. The van der Waals surface area contributed by atoms with Gasteiger partial charge in [-0.3, -0.25) is 9.59 Å². The molecule has 0 fully saturated rings. The number of ether oxygens (including phenoxy) is 1. The molecule has 3 amide bonds. The molecule has 1 rings (SSSR count). The molecule has 0 saturated heterocycles. The van der Waals surface area contributed by atoms with E-state index in [0.29, 0.717) is 17.7 Å². The topological polar surface area (TPSA) is 178 Å². The van der Waals surface area contributed by atoms with Gasteiger partial charge in [-0.05, 0) is 30.7 Å². The number of nitriles is 1. The number of nitrogens with one attached hydrogen (secondary N) is 3. The molecule has 0 saturated carbocycles. The standard InChI is InChI=1S/C18H22N4O7/c1-2-7-29-17(27)14(10-23)21-16(26)13(8-15(24)25)22-18(28)20-12-5-3-11(9-19)4-6-12/h3-6,13-14,23H,2,7-8,10H2,1H3,(H,21,26)(H,24,25)(H2,20,22,28). The maximum absolute atomic E-state index is 12.3. The Bertz CT molecular complexity index is 773. The van der Waals surface area contributed by atoms with Gasteiger partial charge < -0.3 is 30.9 Å². The number of carboxylic acids is 1. The summed E-state index contributed by atoms with van der Waals surface area (Å²) in [6, 6.07) is 3.97. The average Bonchev–Trinajstić information content (AvgIpc) is 2.69. The van der Waals surface area contributed by atoms with Crippen molar-refractivity contribution < 1.29 is 34.1 Å². The fraction of sp³-hybridized carbons (Fsp3) is 0.389. The Labute approximate surface area is 166 Å². The number of amides is 3. The van der Waals surface area contributed by atoms with E-state index >= 15 is 0 Å². The molecule has 0 heterocycles. The number of rotatable bonds is 10. The van der Waals surface area contributed by atoms with Crippen molar-refractivity contribution in [3.05, 3.63) is 29.8 Å². The maximum Gasteiger partial charge on any atom is 0.331 e. The van der Waals surface area contributed by atoms with Crippen LogP contribution >= 0.6 is 0 Å². The van der Waals surface area contributed by atoms with Gasteiger partial charge in [-0.25, -0.2) is 9.59 Å². The molecule has 2 atom stereocenters. The zero-order chi connectivity index (χ0) is 21.8. The third-order valence-corrected chi connectivity index (χ3v) is 3.50. The Morgan fingerprint density at radius 1 is 1.14 bits per heavy atom. The maximum atomic E-state index is 12.3. The summed E-state index contributed by atoms with van der Waals surface area (Å²) in [6.07, 6.45) is -0.217. The first kappa shape index (κ1) is 23.4. The van der Waals surface area contributed by atoms with Crippen LogP contribution in [0.4, 0.5) is 10.5 Å². The Morgan fingerprint density at radius 3 is 2.31 bits per heavy atom. The average molecular weight is 406 g/mol. The van der Waals surface area contributed by atoms with E-state index < -0.39 is 49.0 Å². The summed E-state index contributed by atoms with van der Waals surface area (Å²) in [5, 5.41) is 33.8. The van der Waals surface area contributed by atoms with Gasteiger partial charge in [0, 0.05) is 5.69 Å². The lowest BCUT2D eigenvalue weighted by Crippen LogP contribution is -2.54. The molecule has 11 nitrogen and oxygen atoms in total. The van der Waals surface area contributed by atoms with Crippen LogP contribution in [0, 0.1) is 11.3 Å². The van der Waals surface area contributed by atoms with E-state index in [1.165, 1.54) is 24.3 Å². The van der Waals surface area contributed by atoms with Crippen LogP contribution < -0.4 is 16.0 Å². The summed E-state index contributed by atoms with van der Waals surface area (Å²) in [5.74, 6) is -3.22. The molecule has 0 spiro atoms. The first-order valence-corrected chi connectivity index (χ1v) is 8.68. The van der Waals surface area contributed by atoms with Gasteiger partial charge in [0.25, 0.3) is 0 Å². The Balaban J connectivity index is 2.77. The van der Waals surface area contributed by atoms with Gasteiger partial charge in [0.05, 0.1) is 31.3 Å². The van der Waals surface area contributed by atoms with Crippen molar-refractivity contribution in [2.24, 2.45) is 0 Å². The van der Waals surface area contributed by atoms with Crippen molar-refractivity contribution >= 4 is 29.6 Å². The molecule has 0 aromatic heterocycles. The number of aliphatic hydroxyl groups is 1. The number of aliphatic carboxylic acids is 1. The highest BCUT2D eigenvalue weighted by atomic mass is 16.5. The lowest BCUT2D eigenvalue weighted by molar-refractivity contribution is -0.149. The smallest absolute Gasteiger partial charge is 0.331 e. The van der Waals surface area contributed by atoms with E-state index in [1.807, 2.05) is 6.07 Å². The Hall–Kier alpha value is -3.65. The predicted molar refractivity (Wildman–Crippen MR) is 99.6 cm³/mol. The number of hydrogen-bond acceptors (Lipinski definition) is 7. The fourth-order valence-electron chi connectivity index (χ4n) is 2.09. The molecular weight excluding hydrogens is 384 g/mol. The molecular formula is C18H22N4O7. The highest BCUT2D eigenvalue weighted by Gasteiger charge is 2.28. The summed E-state index contributed by atoms with van der Waals surface area (Å²) in [7, 11) is 0. The second-order valence-corrected chi connectivity index (χ2v) is 5.85. The van der Waals surface area contributed by atoms with Gasteiger partial charge in [-0.2, -0.15) is 5.26 Å². The molecule has 1 aromatic carbocycles. The van der Waals surface area contributed by atoms with Crippen molar-refractivity contribution in [1.29, 1.82) is 5.26 Å². The molecule has 0 aliphatic rings. The van der Waals surface area contributed by atoms with Gasteiger partial charge in [-0.15, -0.1) is 0 Å². The van der Waals surface area contributed by atoms with E-state index in [2.05, 4.69) is 16.0 Å². The SMILES string of the molecule is CCCOC(=O)C(CO)NC(=O)C(CC(=O)O)NC(=O)Nc1ccc(C#N)cc1. The molecule has 0 aliphatic carbocycles. The fourth-order valence-corrected chi connectivity index (χ4v) is 2.09.